The molecule has 1 fully saturated rings. The maximum atomic E-state index is 14.2. The molecule has 2 nitrogen and oxygen atoms in total. The molecule has 0 radical (unpaired) electrons. The van der Waals surface area contributed by atoms with Crippen molar-refractivity contribution in [2.24, 2.45) is 11.8 Å². The first-order chi connectivity index (χ1) is 10.1. The number of aryl methyl sites for hydroxylation is 1. The summed E-state index contributed by atoms with van der Waals surface area (Å²) in [7, 11) is 0. The number of rotatable bonds is 4. The number of nitrogens with zero attached hydrogens (tertiary/aromatic N) is 2. The Morgan fingerprint density at radius 3 is 2.81 bits per heavy atom. The smallest absolute Gasteiger partial charge is 0.184 e. The third-order valence-corrected chi connectivity index (χ3v) is 4.84. The van der Waals surface area contributed by atoms with Gasteiger partial charge in [0.15, 0.2) is 11.6 Å². The summed E-state index contributed by atoms with van der Waals surface area (Å²) in [6, 6.07) is 2.68. The van der Waals surface area contributed by atoms with E-state index in [9.17, 15) is 8.78 Å². The molecule has 21 heavy (non-hydrogen) atoms. The summed E-state index contributed by atoms with van der Waals surface area (Å²) in [6.45, 7) is 2.93. The van der Waals surface area contributed by atoms with Crippen LogP contribution < -0.4 is 0 Å². The second-order valence-electron chi connectivity index (χ2n) is 5.97. The summed E-state index contributed by atoms with van der Waals surface area (Å²) in [5, 5.41) is 0. The van der Waals surface area contributed by atoms with E-state index in [0.717, 1.165) is 18.3 Å². The van der Waals surface area contributed by atoms with Gasteiger partial charge in [0.2, 0.25) is 0 Å². The highest BCUT2D eigenvalue weighted by Gasteiger charge is 2.26. The molecule has 2 atom stereocenters. The molecule has 0 amide bonds. The quantitative estimate of drug-likeness (QED) is 0.758. The zero-order valence-electron chi connectivity index (χ0n) is 12.1. The van der Waals surface area contributed by atoms with Crippen LogP contribution in [0.15, 0.2) is 12.1 Å². The molecule has 0 spiro atoms. The molecule has 1 saturated carbocycles. The number of imidazole rings is 1. The number of alkyl halides is 1. The minimum Gasteiger partial charge on any atom is -0.325 e. The maximum Gasteiger partial charge on any atom is 0.184 e. The third kappa shape index (κ3) is 2.66. The van der Waals surface area contributed by atoms with Gasteiger partial charge in [0.1, 0.15) is 11.3 Å². The Morgan fingerprint density at radius 1 is 1.33 bits per heavy atom. The summed E-state index contributed by atoms with van der Waals surface area (Å²) in [5.41, 5.74) is 0.800. The van der Waals surface area contributed by atoms with Gasteiger partial charge in [0.25, 0.3) is 0 Å². The summed E-state index contributed by atoms with van der Waals surface area (Å²) < 4.78 is 29.6. The molecule has 0 saturated heterocycles. The van der Waals surface area contributed by atoms with E-state index in [2.05, 4.69) is 11.9 Å². The van der Waals surface area contributed by atoms with E-state index < -0.39 is 11.6 Å². The van der Waals surface area contributed by atoms with Crippen LogP contribution in [0.2, 0.25) is 0 Å². The molecule has 0 aliphatic heterocycles. The minimum atomic E-state index is -0.819. The fraction of sp³-hybridized carbons (Fsp3) is 0.562. The van der Waals surface area contributed by atoms with Crippen LogP contribution in [0.3, 0.4) is 0 Å². The van der Waals surface area contributed by atoms with Crippen molar-refractivity contribution in [1.29, 1.82) is 0 Å². The van der Waals surface area contributed by atoms with E-state index in [1.807, 2.05) is 4.57 Å². The fourth-order valence-electron chi connectivity index (χ4n) is 3.41. The average molecular weight is 313 g/mol. The van der Waals surface area contributed by atoms with E-state index in [4.69, 9.17) is 11.6 Å². The number of hydrogen-bond acceptors (Lipinski definition) is 1. The Morgan fingerprint density at radius 2 is 2.14 bits per heavy atom. The number of fused-ring (bicyclic) bond motifs is 1. The summed E-state index contributed by atoms with van der Waals surface area (Å²) in [5.74, 6) is 0.672. The van der Waals surface area contributed by atoms with Crippen molar-refractivity contribution in [2.75, 3.05) is 5.88 Å². The van der Waals surface area contributed by atoms with Crippen molar-refractivity contribution in [1.82, 2.24) is 9.55 Å². The second kappa shape index (κ2) is 5.91. The molecule has 1 aliphatic rings. The number of aromatic nitrogens is 2. The van der Waals surface area contributed by atoms with Crippen LogP contribution in [0, 0.1) is 23.5 Å². The van der Waals surface area contributed by atoms with Gasteiger partial charge in [0, 0.05) is 18.8 Å². The first kappa shape index (κ1) is 14.8. The fourth-order valence-corrected chi connectivity index (χ4v) is 3.57. The van der Waals surface area contributed by atoms with Crippen molar-refractivity contribution in [3.05, 3.63) is 29.6 Å². The monoisotopic (exact) mass is 312 g/mol. The van der Waals surface area contributed by atoms with E-state index in [-0.39, 0.29) is 5.52 Å². The second-order valence-corrected chi connectivity index (χ2v) is 6.35. The highest BCUT2D eigenvalue weighted by atomic mass is 35.5. The van der Waals surface area contributed by atoms with Gasteiger partial charge in [-0.25, -0.2) is 13.8 Å². The van der Waals surface area contributed by atoms with Gasteiger partial charge >= 0.3 is 0 Å². The molecule has 5 heteroatoms. The van der Waals surface area contributed by atoms with Gasteiger partial charge in [-0.3, -0.25) is 0 Å². The minimum absolute atomic E-state index is 0.286. The molecule has 114 valence electrons. The van der Waals surface area contributed by atoms with Crippen LogP contribution in [0.4, 0.5) is 8.78 Å². The molecule has 3 rings (SSSR count). The SMILES string of the molecule is CC1CCCC1Cn1c(CCCl)nc2ccc(F)c(F)c21. The lowest BCUT2D eigenvalue weighted by molar-refractivity contribution is 0.361. The highest BCUT2D eigenvalue weighted by molar-refractivity contribution is 6.17. The van der Waals surface area contributed by atoms with Crippen molar-refractivity contribution in [3.63, 3.8) is 0 Å². The third-order valence-electron chi connectivity index (χ3n) is 4.65. The standard InChI is InChI=1S/C16H19ClF2N2/c1-10-3-2-4-11(10)9-21-14(7-8-17)20-13-6-5-12(18)15(19)16(13)21/h5-6,10-11H,2-4,7-9H2,1H3. The number of halogens is 3. The van der Waals surface area contributed by atoms with Gasteiger partial charge in [-0.15, -0.1) is 11.6 Å². The molecule has 0 N–H and O–H groups in total. The van der Waals surface area contributed by atoms with Crippen LogP contribution in [-0.4, -0.2) is 15.4 Å². The van der Waals surface area contributed by atoms with Gasteiger partial charge < -0.3 is 4.57 Å². The molecule has 2 aromatic rings. The molecule has 1 aliphatic carbocycles. The average Bonchev–Trinajstić information content (AvgIpc) is 3.01. The van der Waals surface area contributed by atoms with Gasteiger partial charge in [-0.2, -0.15) is 0 Å². The molecule has 1 heterocycles. The number of hydrogen-bond donors (Lipinski definition) is 0. The molecular formula is C16H19ClF2N2. The Kier molecular flexibility index (Phi) is 4.16. The normalized spacial score (nSPS) is 22.3. The zero-order chi connectivity index (χ0) is 15.0. The summed E-state index contributed by atoms with van der Waals surface area (Å²) >= 11 is 5.83. The maximum absolute atomic E-state index is 14.2. The lowest BCUT2D eigenvalue weighted by Gasteiger charge is -2.18. The lowest BCUT2D eigenvalue weighted by atomic mass is 9.98. The van der Waals surface area contributed by atoms with Crippen LogP contribution in [0.5, 0.6) is 0 Å². The molecule has 1 aromatic carbocycles. The van der Waals surface area contributed by atoms with Gasteiger partial charge in [0.05, 0.1) is 5.52 Å². The Bertz CT molecular complexity index is 653. The van der Waals surface area contributed by atoms with Gasteiger partial charge in [-0.05, 0) is 30.4 Å². The van der Waals surface area contributed by atoms with Gasteiger partial charge in [-0.1, -0.05) is 19.8 Å². The Labute approximate surface area is 128 Å². The van der Waals surface area contributed by atoms with E-state index in [1.54, 1.807) is 6.07 Å². The van der Waals surface area contributed by atoms with Crippen molar-refractivity contribution in [2.45, 2.75) is 39.2 Å². The van der Waals surface area contributed by atoms with Crippen LogP contribution >= 0.6 is 11.6 Å². The van der Waals surface area contributed by atoms with Crippen LogP contribution in [0.1, 0.15) is 32.0 Å². The zero-order valence-corrected chi connectivity index (χ0v) is 12.8. The van der Waals surface area contributed by atoms with Crippen LogP contribution in [0.25, 0.3) is 11.0 Å². The molecule has 1 aromatic heterocycles. The lowest BCUT2D eigenvalue weighted by Crippen LogP contribution is -2.16. The summed E-state index contributed by atoms with van der Waals surface area (Å²) in [6.07, 6.45) is 4.12. The van der Waals surface area contributed by atoms with Crippen molar-refractivity contribution < 1.29 is 8.78 Å². The predicted octanol–water partition coefficient (Wildman–Crippen LogP) is 4.53. The van der Waals surface area contributed by atoms with Crippen LogP contribution in [-0.2, 0) is 13.0 Å². The predicted molar refractivity (Wildman–Crippen MR) is 80.6 cm³/mol. The van der Waals surface area contributed by atoms with E-state index in [1.165, 1.54) is 12.8 Å². The first-order valence-electron chi connectivity index (χ1n) is 7.51. The van der Waals surface area contributed by atoms with Crippen molar-refractivity contribution >= 4 is 22.6 Å². The Hall–Kier alpha value is -1.16. The molecule has 0 bridgehead atoms. The highest BCUT2D eigenvalue weighted by Crippen LogP contribution is 2.34. The molecular weight excluding hydrogens is 294 g/mol. The largest absolute Gasteiger partial charge is 0.325 e. The first-order valence-corrected chi connectivity index (χ1v) is 8.04. The summed E-state index contributed by atoms with van der Waals surface area (Å²) in [4.78, 5) is 4.44. The van der Waals surface area contributed by atoms with E-state index in [0.29, 0.717) is 36.2 Å². The molecule has 2 unspecified atom stereocenters. The Balaban J connectivity index is 2.08. The number of benzene rings is 1. The van der Waals surface area contributed by atoms with Crippen molar-refractivity contribution in [3.8, 4) is 0 Å². The topological polar surface area (TPSA) is 17.8 Å². The van der Waals surface area contributed by atoms with E-state index >= 15 is 0 Å².